The number of hydrogen-bond donors (Lipinski definition) is 10. The fourth-order valence-corrected chi connectivity index (χ4v) is 6.66. The first-order valence-corrected chi connectivity index (χ1v) is 18.7. The Bertz CT molecular complexity index is 1720. The lowest BCUT2D eigenvalue weighted by Crippen LogP contribution is -2.59. The van der Waals surface area contributed by atoms with Crippen LogP contribution in [0.2, 0.25) is 0 Å². The molecule has 302 valence electrons. The minimum Gasteiger partial charge on any atom is -0.508 e. The molecule has 11 N–H and O–H groups in total. The van der Waals surface area contributed by atoms with Gasteiger partial charge in [0.25, 0.3) is 0 Å². The number of phenolic OH excluding ortho intramolecular Hbond substituents is 1. The van der Waals surface area contributed by atoms with Crippen LogP contribution in [0.15, 0.2) is 54.6 Å². The van der Waals surface area contributed by atoms with Crippen LogP contribution in [0.25, 0.3) is 0 Å². The average molecular weight is 777 g/mol. The van der Waals surface area contributed by atoms with Gasteiger partial charge in [-0.25, -0.2) is 0 Å². The van der Waals surface area contributed by atoms with E-state index < -0.39 is 78.1 Å². The van der Waals surface area contributed by atoms with Gasteiger partial charge >= 0.3 is 0 Å². The monoisotopic (exact) mass is 776 g/mol. The number of aromatic hydroxyl groups is 1. The summed E-state index contributed by atoms with van der Waals surface area (Å²) in [7, 11) is 0. The molecular weight excluding hydrogens is 724 g/mol. The molecule has 2 aromatic rings. The topological polar surface area (TPSA) is 277 Å². The summed E-state index contributed by atoms with van der Waals surface area (Å²) in [6, 6.07) is 9.71. The van der Waals surface area contributed by atoms with E-state index >= 15 is 0 Å². The first-order valence-electron chi connectivity index (χ1n) is 18.7. The van der Waals surface area contributed by atoms with Crippen molar-refractivity contribution in [2.75, 3.05) is 26.2 Å². The minimum atomic E-state index is -1.19. The van der Waals surface area contributed by atoms with Crippen molar-refractivity contribution < 1.29 is 38.7 Å². The summed E-state index contributed by atoms with van der Waals surface area (Å²) in [6.45, 7) is 1.31. The standard InChI is InChI=1S/C38H52N10O8/c1-23(49)44-30(20-24-8-3-2-4-9-24)35(54)46-28-11-6-17-41-33(52)27(10-5-18-42-38(39)40)45-32(51)22-43-34(53)29(21-25-13-15-26(50)16-14-25)47-36(55)31-12-7-19-48(31)37(28)56/h2-4,8-9,13-16,27-31,50H,5-7,10-12,17-22H2,1H3,(H,41,52)(H,43,53)(H,44,49)(H,45,51)(H,46,54)(H,47,55)(H4,39,40,42)/t27?,28-,29+,30-,31?/m0/s1. The van der Waals surface area contributed by atoms with E-state index in [1.165, 1.54) is 24.0 Å². The summed E-state index contributed by atoms with van der Waals surface area (Å²) in [5.74, 6) is -4.31. The van der Waals surface area contributed by atoms with Gasteiger partial charge in [-0.05, 0) is 61.8 Å². The number of fused-ring (bicyclic) bond motifs is 1. The number of nitrogens with one attached hydrogen (secondary N) is 8. The molecule has 0 aliphatic carbocycles. The minimum absolute atomic E-state index is 0.00417. The van der Waals surface area contributed by atoms with Crippen LogP contribution in [0.5, 0.6) is 5.75 Å². The second-order valence-electron chi connectivity index (χ2n) is 13.9. The lowest BCUT2D eigenvalue weighted by atomic mass is 10.0. The number of nitrogens with zero attached hydrogens (tertiary/aromatic N) is 1. The highest BCUT2D eigenvalue weighted by molar-refractivity contribution is 5.97. The fourth-order valence-electron chi connectivity index (χ4n) is 6.66. The van der Waals surface area contributed by atoms with Gasteiger partial charge in [0.05, 0.1) is 6.54 Å². The Hall–Kier alpha value is -6.20. The molecular formula is C38H52N10O8. The second-order valence-corrected chi connectivity index (χ2v) is 13.9. The number of amides is 7. The van der Waals surface area contributed by atoms with E-state index in [-0.39, 0.29) is 69.9 Å². The van der Waals surface area contributed by atoms with Crippen LogP contribution >= 0.6 is 0 Å². The van der Waals surface area contributed by atoms with E-state index in [4.69, 9.17) is 11.1 Å². The van der Waals surface area contributed by atoms with E-state index in [1.807, 2.05) is 18.2 Å². The molecule has 2 fully saturated rings. The quantitative estimate of drug-likeness (QED) is 0.0710. The highest BCUT2D eigenvalue weighted by atomic mass is 16.3. The lowest BCUT2D eigenvalue weighted by molar-refractivity contribution is -0.142. The van der Waals surface area contributed by atoms with Crippen LogP contribution in [0.1, 0.15) is 56.6 Å². The van der Waals surface area contributed by atoms with Crippen molar-refractivity contribution in [3.63, 3.8) is 0 Å². The Balaban J connectivity index is 1.61. The van der Waals surface area contributed by atoms with Gasteiger partial charge in [-0.1, -0.05) is 42.5 Å². The van der Waals surface area contributed by atoms with Gasteiger partial charge in [-0.2, -0.15) is 0 Å². The molecule has 2 unspecified atom stereocenters. The highest BCUT2D eigenvalue weighted by Gasteiger charge is 2.39. The number of guanidine groups is 1. The lowest BCUT2D eigenvalue weighted by Gasteiger charge is -2.31. The second kappa shape index (κ2) is 21.0. The summed E-state index contributed by atoms with van der Waals surface area (Å²) in [6.07, 6.45) is 1.68. The van der Waals surface area contributed by atoms with E-state index in [9.17, 15) is 38.7 Å². The average Bonchev–Trinajstić information content (AvgIpc) is 3.66. The molecule has 0 saturated carbocycles. The fraction of sp³-hybridized carbons (Fsp3) is 0.474. The van der Waals surface area contributed by atoms with Crippen LogP contribution in [0.3, 0.4) is 0 Å². The number of phenols is 1. The summed E-state index contributed by atoms with van der Waals surface area (Å²) in [5.41, 5.74) is 6.74. The summed E-state index contributed by atoms with van der Waals surface area (Å²) in [4.78, 5) is 95.4. The first-order chi connectivity index (χ1) is 26.8. The van der Waals surface area contributed by atoms with Crippen LogP contribution < -0.4 is 43.0 Å². The number of carbonyl (C=O) groups is 7. The highest BCUT2D eigenvalue weighted by Crippen LogP contribution is 2.21. The Morgan fingerprint density at radius 1 is 0.911 bits per heavy atom. The molecule has 0 radical (unpaired) electrons. The third kappa shape index (κ3) is 13.3. The van der Waals surface area contributed by atoms with Crippen molar-refractivity contribution in [1.29, 1.82) is 5.41 Å². The number of hydrogen-bond acceptors (Lipinski definition) is 9. The molecule has 2 saturated heterocycles. The molecule has 5 atom stereocenters. The van der Waals surface area contributed by atoms with Gasteiger partial charge in [0, 0.05) is 39.4 Å². The van der Waals surface area contributed by atoms with Crippen molar-refractivity contribution in [2.24, 2.45) is 5.73 Å². The van der Waals surface area contributed by atoms with E-state index in [2.05, 4.69) is 37.2 Å². The molecule has 0 bridgehead atoms. The molecule has 2 aliphatic heterocycles. The summed E-state index contributed by atoms with van der Waals surface area (Å²) < 4.78 is 0. The van der Waals surface area contributed by atoms with Crippen LogP contribution in [-0.2, 0) is 46.4 Å². The smallest absolute Gasteiger partial charge is 0.245 e. The maximum Gasteiger partial charge on any atom is 0.245 e. The predicted octanol–water partition coefficient (Wildman–Crippen LogP) is -1.58. The van der Waals surface area contributed by atoms with E-state index in [0.717, 1.165) is 5.56 Å². The van der Waals surface area contributed by atoms with Crippen molar-refractivity contribution in [3.05, 3.63) is 65.7 Å². The molecule has 18 heteroatoms. The third-order valence-corrected chi connectivity index (χ3v) is 9.47. The molecule has 4 rings (SSSR count). The Morgan fingerprint density at radius 2 is 1.62 bits per heavy atom. The number of nitrogens with two attached hydrogens (primary N) is 1. The van der Waals surface area contributed by atoms with E-state index in [0.29, 0.717) is 18.4 Å². The molecule has 2 heterocycles. The van der Waals surface area contributed by atoms with Crippen molar-refractivity contribution in [1.82, 2.24) is 42.1 Å². The normalized spacial score (nSPS) is 21.8. The third-order valence-electron chi connectivity index (χ3n) is 9.47. The zero-order valence-electron chi connectivity index (χ0n) is 31.4. The summed E-state index contributed by atoms with van der Waals surface area (Å²) in [5, 5.41) is 35.9. The molecule has 7 amide bonds. The van der Waals surface area contributed by atoms with Gasteiger partial charge in [0.15, 0.2) is 5.96 Å². The molecule has 18 nitrogen and oxygen atoms in total. The Labute approximate surface area is 325 Å². The van der Waals surface area contributed by atoms with Crippen LogP contribution in [-0.4, -0.2) is 114 Å². The van der Waals surface area contributed by atoms with Crippen molar-refractivity contribution >= 4 is 47.3 Å². The van der Waals surface area contributed by atoms with Gasteiger partial charge < -0.3 is 53.0 Å². The summed E-state index contributed by atoms with van der Waals surface area (Å²) >= 11 is 0. The molecule has 2 aromatic carbocycles. The van der Waals surface area contributed by atoms with Crippen molar-refractivity contribution in [3.8, 4) is 5.75 Å². The van der Waals surface area contributed by atoms with Gasteiger partial charge in [-0.15, -0.1) is 0 Å². The zero-order chi connectivity index (χ0) is 40.6. The van der Waals surface area contributed by atoms with Gasteiger partial charge in [0.1, 0.15) is 36.0 Å². The predicted molar refractivity (Wildman–Crippen MR) is 204 cm³/mol. The SMILES string of the molecule is CC(=O)N[C@@H](Cc1ccccc1)C(=O)N[C@H]1CCCNC(=O)C(CCCNC(=N)N)NC(=O)CNC(=O)[C@@H](Cc2ccc(O)cc2)NC(=O)C2CCCN2C1=O. The molecule has 0 spiro atoms. The van der Waals surface area contributed by atoms with Crippen LogP contribution in [0, 0.1) is 5.41 Å². The van der Waals surface area contributed by atoms with Crippen LogP contribution in [0.4, 0.5) is 0 Å². The van der Waals surface area contributed by atoms with E-state index in [1.54, 1.807) is 24.3 Å². The first kappa shape index (κ1) is 42.5. The van der Waals surface area contributed by atoms with Gasteiger partial charge in [0.2, 0.25) is 41.4 Å². The number of carbonyl (C=O) groups excluding carboxylic acids is 7. The zero-order valence-corrected chi connectivity index (χ0v) is 31.4. The largest absolute Gasteiger partial charge is 0.508 e. The molecule has 56 heavy (non-hydrogen) atoms. The Kier molecular flexibility index (Phi) is 16.0. The maximum atomic E-state index is 14.3. The molecule has 2 aliphatic rings. The molecule has 0 aromatic heterocycles. The Morgan fingerprint density at radius 3 is 2.32 bits per heavy atom. The van der Waals surface area contributed by atoms with Crippen molar-refractivity contribution in [2.45, 2.75) is 88.5 Å². The number of benzene rings is 2. The number of rotatable bonds is 11. The van der Waals surface area contributed by atoms with Gasteiger partial charge in [-0.3, -0.25) is 39.0 Å². The maximum absolute atomic E-state index is 14.3.